The van der Waals surface area contributed by atoms with Crippen LogP contribution in [-0.2, 0) is 17.8 Å². The van der Waals surface area contributed by atoms with Crippen LogP contribution < -0.4 is 14.5 Å². The van der Waals surface area contributed by atoms with Crippen molar-refractivity contribution in [1.82, 2.24) is 19.8 Å². The molecule has 1 unspecified atom stereocenters. The first-order chi connectivity index (χ1) is 20.2. The van der Waals surface area contributed by atoms with Gasteiger partial charge in [0.05, 0.1) is 30.8 Å². The fourth-order valence-corrected chi connectivity index (χ4v) is 5.92. The summed E-state index contributed by atoms with van der Waals surface area (Å²) in [6.45, 7) is 14.6. The lowest BCUT2D eigenvalue weighted by Crippen LogP contribution is -2.55. The second-order valence-corrected chi connectivity index (χ2v) is 11.7. The van der Waals surface area contributed by atoms with Gasteiger partial charge in [0.15, 0.2) is 0 Å². The molecule has 42 heavy (non-hydrogen) atoms. The van der Waals surface area contributed by atoms with Crippen molar-refractivity contribution in [3.63, 3.8) is 0 Å². The number of benzene rings is 2. The molecule has 1 amide bonds. The molecule has 1 fully saturated rings. The van der Waals surface area contributed by atoms with Crippen molar-refractivity contribution in [2.75, 3.05) is 56.2 Å². The Morgan fingerprint density at radius 1 is 1.17 bits per heavy atom. The highest BCUT2D eigenvalue weighted by atomic mass is 16.5. The number of aromatic nitrogens is 2. The molecule has 3 aromatic rings. The van der Waals surface area contributed by atoms with E-state index in [1.165, 1.54) is 22.5 Å². The van der Waals surface area contributed by atoms with Crippen LogP contribution in [0, 0.1) is 11.3 Å². The van der Waals surface area contributed by atoms with Crippen LogP contribution in [0.5, 0.6) is 6.01 Å². The van der Waals surface area contributed by atoms with Crippen LogP contribution in [0.2, 0.25) is 0 Å². The molecular weight excluding hydrogens is 526 g/mol. The van der Waals surface area contributed by atoms with Gasteiger partial charge in [-0.1, -0.05) is 49.9 Å². The number of nitrogens with zero attached hydrogens (tertiary/aromatic N) is 7. The minimum atomic E-state index is -0.239. The molecule has 1 saturated heterocycles. The van der Waals surface area contributed by atoms with E-state index in [2.05, 4.69) is 97.6 Å². The Labute approximate surface area is 249 Å². The Morgan fingerprint density at radius 2 is 1.95 bits per heavy atom. The lowest BCUT2D eigenvalue weighted by Gasteiger charge is -2.42. The molecule has 5 rings (SSSR count). The van der Waals surface area contributed by atoms with E-state index in [-0.39, 0.29) is 23.9 Å². The molecule has 0 bridgehead atoms. The zero-order valence-corrected chi connectivity index (χ0v) is 25.2. The van der Waals surface area contributed by atoms with Gasteiger partial charge in [-0.25, -0.2) is 0 Å². The predicted octanol–water partition coefficient (Wildman–Crippen LogP) is 4.42. The molecule has 0 radical (unpaired) electrons. The van der Waals surface area contributed by atoms with Crippen LogP contribution in [0.4, 0.5) is 11.5 Å². The molecule has 3 heterocycles. The average molecular weight is 568 g/mol. The number of carbonyl (C=O) groups is 1. The molecule has 0 aliphatic carbocycles. The zero-order valence-electron chi connectivity index (χ0n) is 25.2. The standard InChI is InChI=1S/C33H41N7O2/c1-6-30(41)40-20-19-39(21-25(40)15-17-34)31-27-16-18-38(29-14-10-12-24-11-8-9-13-26(24)29)22-28(27)35-32(36-31)42-23-33(3,4)37(5)7-2/h6,8-14,25H,1,7,15-16,18-23H2,2-5H3. The SMILES string of the molecule is C=CC(=O)N1CCN(c2nc(OCC(C)(C)N(C)CC)nc3c2CCN(c2cccc4ccccc24)C3)CC1CC#N. The number of nitriles is 1. The third-order valence-corrected chi connectivity index (χ3v) is 8.76. The average Bonchev–Trinajstić information content (AvgIpc) is 3.02. The number of fused-ring (bicyclic) bond motifs is 2. The fourth-order valence-electron chi connectivity index (χ4n) is 5.92. The Bertz CT molecular complexity index is 1490. The third kappa shape index (κ3) is 5.90. The Kier molecular flexibility index (Phi) is 8.64. The van der Waals surface area contributed by atoms with Crippen molar-refractivity contribution >= 4 is 28.2 Å². The number of ether oxygens (including phenoxy) is 1. The number of rotatable bonds is 9. The molecule has 0 N–H and O–H groups in total. The van der Waals surface area contributed by atoms with Gasteiger partial charge in [0, 0.05) is 48.4 Å². The Hall–Kier alpha value is -4.16. The molecule has 0 saturated carbocycles. The summed E-state index contributed by atoms with van der Waals surface area (Å²) in [5.41, 5.74) is 3.07. The second kappa shape index (κ2) is 12.4. The summed E-state index contributed by atoms with van der Waals surface area (Å²) in [4.78, 5) is 31.1. The van der Waals surface area contributed by atoms with Crippen molar-refractivity contribution in [1.29, 1.82) is 5.26 Å². The van der Waals surface area contributed by atoms with E-state index in [0.717, 1.165) is 36.6 Å². The number of amides is 1. The first kappa shape index (κ1) is 29.3. The van der Waals surface area contributed by atoms with Gasteiger partial charge in [0.2, 0.25) is 5.91 Å². The van der Waals surface area contributed by atoms with Gasteiger partial charge in [-0.3, -0.25) is 9.69 Å². The quantitative estimate of drug-likeness (QED) is 0.351. The molecule has 1 aromatic heterocycles. The maximum atomic E-state index is 12.5. The number of piperazine rings is 1. The summed E-state index contributed by atoms with van der Waals surface area (Å²) >= 11 is 0. The molecular formula is C33H41N7O2. The van der Waals surface area contributed by atoms with Crippen molar-refractivity contribution in [2.45, 2.75) is 51.7 Å². The van der Waals surface area contributed by atoms with Gasteiger partial charge in [-0.15, -0.1) is 0 Å². The first-order valence-corrected chi connectivity index (χ1v) is 14.8. The third-order valence-electron chi connectivity index (χ3n) is 8.76. The van der Waals surface area contributed by atoms with Gasteiger partial charge in [0.1, 0.15) is 12.4 Å². The number of hydrogen-bond donors (Lipinski definition) is 0. The normalized spacial score (nSPS) is 17.2. The fraction of sp³-hybridized carbons (Fsp3) is 0.455. The lowest BCUT2D eigenvalue weighted by atomic mass is 10.0. The molecule has 9 heteroatoms. The first-order valence-electron chi connectivity index (χ1n) is 14.8. The Morgan fingerprint density at radius 3 is 2.71 bits per heavy atom. The van der Waals surface area contributed by atoms with Crippen molar-refractivity contribution in [3.8, 4) is 12.1 Å². The van der Waals surface area contributed by atoms with E-state index in [0.29, 0.717) is 38.8 Å². The van der Waals surface area contributed by atoms with Crippen LogP contribution in [0.1, 0.15) is 38.4 Å². The van der Waals surface area contributed by atoms with E-state index in [9.17, 15) is 10.1 Å². The van der Waals surface area contributed by atoms with Crippen molar-refractivity contribution in [3.05, 3.63) is 66.4 Å². The minimum absolute atomic E-state index is 0.142. The van der Waals surface area contributed by atoms with Crippen LogP contribution in [0.3, 0.4) is 0 Å². The van der Waals surface area contributed by atoms with Crippen LogP contribution in [0.25, 0.3) is 10.8 Å². The van der Waals surface area contributed by atoms with Gasteiger partial charge < -0.3 is 19.4 Å². The minimum Gasteiger partial charge on any atom is -0.461 e. The van der Waals surface area contributed by atoms with Crippen LogP contribution in [-0.4, -0.2) is 83.6 Å². The maximum Gasteiger partial charge on any atom is 0.318 e. The predicted molar refractivity (Wildman–Crippen MR) is 167 cm³/mol. The highest BCUT2D eigenvalue weighted by molar-refractivity contribution is 5.94. The molecule has 220 valence electrons. The summed E-state index contributed by atoms with van der Waals surface area (Å²) < 4.78 is 6.31. The topological polar surface area (TPSA) is 88.8 Å². The van der Waals surface area contributed by atoms with E-state index < -0.39 is 0 Å². The van der Waals surface area contributed by atoms with E-state index in [1.54, 1.807) is 4.90 Å². The monoisotopic (exact) mass is 567 g/mol. The number of hydrogen-bond acceptors (Lipinski definition) is 8. The van der Waals surface area contributed by atoms with Crippen LogP contribution >= 0.6 is 0 Å². The number of anilines is 2. The van der Waals surface area contributed by atoms with E-state index >= 15 is 0 Å². The van der Waals surface area contributed by atoms with E-state index in [1.807, 2.05) is 0 Å². The van der Waals surface area contributed by atoms with Crippen molar-refractivity contribution < 1.29 is 9.53 Å². The van der Waals surface area contributed by atoms with Gasteiger partial charge in [-0.05, 0) is 51.4 Å². The highest BCUT2D eigenvalue weighted by Gasteiger charge is 2.34. The molecule has 2 aliphatic rings. The lowest BCUT2D eigenvalue weighted by molar-refractivity contribution is -0.128. The molecule has 2 aliphatic heterocycles. The number of likely N-dealkylation sites (N-methyl/N-ethyl adjacent to an activating group) is 1. The summed E-state index contributed by atoms with van der Waals surface area (Å²) in [6, 6.07) is 17.3. The van der Waals surface area contributed by atoms with Gasteiger partial charge in [-0.2, -0.15) is 15.2 Å². The summed E-state index contributed by atoms with van der Waals surface area (Å²) in [5.74, 6) is 0.708. The summed E-state index contributed by atoms with van der Waals surface area (Å²) in [7, 11) is 2.09. The number of carbonyl (C=O) groups excluding carboxylic acids is 1. The molecule has 1 atom stereocenters. The van der Waals surface area contributed by atoms with Crippen molar-refractivity contribution in [2.24, 2.45) is 0 Å². The van der Waals surface area contributed by atoms with E-state index in [4.69, 9.17) is 14.7 Å². The zero-order chi connectivity index (χ0) is 29.9. The van der Waals surface area contributed by atoms with Gasteiger partial charge >= 0.3 is 6.01 Å². The summed E-state index contributed by atoms with van der Waals surface area (Å²) in [6.07, 6.45) is 2.36. The summed E-state index contributed by atoms with van der Waals surface area (Å²) in [5, 5.41) is 12.0. The smallest absolute Gasteiger partial charge is 0.318 e. The maximum absolute atomic E-state index is 12.5. The largest absolute Gasteiger partial charge is 0.461 e. The molecule has 9 nitrogen and oxygen atoms in total. The van der Waals surface area contributed by atoms with Crippen LogP contribution in [0.15, 0.2) is 55.1 Å². The highest BCUT2D eigenvalue weighted by Crippen LogP contribution is 2.35. The second-order valence-electron chi connectivity index (χ2n) is 11.7. The van der Waals surface area contributed by atoms with Gasteiger partial charge in [0.25, 0.3) is 0 Å². The molecule has 0 spiro atoms. The Balaban J connectivity index is 1.50. The molecule has 2 aromatic carbocycles.